The normalized spacial score (nSPS) is 28.0. The van der Waals surface area contributed by atoms with E-state index >= 15 is 0 Å². The summed E-state index contributed by atoms with van der Waals surface area (Å²) in [5, 5.41) is 12.9. The van der Waals surface area contributed by atoms with E-state index in [2.05, 4.69) is 5.32 Å². The van der Waals surface area contributed by atoms with Crippen molar-refractivity contribution >= 4 is 11.8 Å². The number of hydrogen-bond acceptors (Lipinski definition) is 3. The first-order chi connectivity index (χ1) is 10.0. The maximum absolute atomic E-state index is 12.5. The molecule has 0 spiro atoms. The van der Waals surface area contributed by atoms with Crippen molar-refractivity contribution in [1.29, 1.82) is 0 Å². The second kappa shape index (κ2) is 7.25. The van der Waals surface area contributed by atoms with Gasteiger partial charge in [0.1, 0.15) is 6.04 Å². The van der Waals surface area contributed by atoms with Crippen molar-refractivity contribution < 1.29 is 14.7 Å². The molecule has 1 aliphatic carbocycles. The molecule has 1 saturated carbocycles. The summed E-state index contributed by atoms with van der Waals surface area (Å²) >= 11 is 0. The number of likely N-dealkylation sites (tertiary alicyclic amines) is 1. The van der Waals surface area contributed by atoms with E-state index in [0.29, 0.717) is 19.5 Å². The largest absolute Gasteiger partial charge is 0.393 e. The van der Waals surface area contributed by atoms with Crippen molar-refractivity contribution in [3.63, 3.8) is 0 Å². The highest BCUT2D eigenvalue weighted by atomic mass is 16.3. The summed E-state index contributed by atoms with van der Waals surface area (Å²) in [6.07, 6.45) is 5.09. The molecule has 0 radical (unpaired) electrons. The SMILES string of the molecule is CC(C)[C@H](C(=O)NC[C@@H]1CCCC[C@@H]1O)N1CCCC1=O. The number of nitrogens with one attached hydrogen (secondary N) is 1. The highest BCUT2D eigenvalue weighted by molar-refractivity contribution is 5.88. The van der Waals surface area contributed by atoms with Crippen LogP contribution in [0.4, 0.5) is 0 Å². The lowest BCUT2D eigenvalue weighted by Crippen LogP contribution is -2.51. The molecule has 0 aromatic heterocycles. The number of aliphatic hydroxyl groups excluding tert-OH is 1. The first-order valence-electron chi connectivity index (χ1n) is 8.26. The lowest BCUT2D eigenvalue weighted by Gasteiger charge is -2.32. The van der Waals surface area contributed by atoms with Crippen LogP contribution in [-0.4, -0.2) is 47.1 Å². The molecule has 1 aliphatic heterocycles. The third-order valence-corrected chi connectivity index (χ3v) is 4.75. The van der Waals surface area contributed by atoms with E-state index < -0.39 is 0 Å². The maximum atomic E-state index is 12.5. The third-order valence-electron chi connectivity index (χ3n) is 4.75. The molecule has 2 N–H and O–H groups in total. The van der Waals surface area contributed by atoms with Gasteiger partial charge in [-0.1, -0.05) is 26.7 Å². The molecule has 21 heavy (non-hydrogen) atoms. The van der Waals surface area contributed by atoms with Gasteiger partial charge < -0.3 is 15.3 Å². The van der Waals surface area contributed by atoms with E-state index in [1.54, 1.807) is 4.90 Å². The summed E-state index contributed by atoms with van der Waals surface area (Å²) in [7, 11) is 0. The molecule has 2 fully saturated rings. The van der Waals surface area contributed by atoms with Gasteiger partial charge in [0.15, 0.2) is 0 Å². The first-order valence-corrected chi connectivity index (χ1v) is 8.26. The van der Waals surface area contributed by atoms with Crippen LogP contribution in [-0.2, 0) is 9.59 Å². The summed E-state index contributed by atoms with van der Waals surface area (Å²) < 4.78 is 0. The fraction of sp³-hybridized carbons (Fsp3) is 0.875. The van der Waals surface area contributed by atoms with Crippen molar-refractivity contribution in [3.8, 4) is 0 Å². The minimum atomic E-state index is -0.374. The van der Waals surface area contributed by atoms with Gasteiger partial charge in [-0.25, -0.2) is 0 Å². The van der Waals surface area contributed by atoms with Crippen LogP contribution >= 0.6 is 0 Å². The van der Waals surface area contributed by atoms with Gasteiger partial charge >= 0.3 is 0 Å². The topological polar surface area (TPSA) is 69.6 Å². The Morgan fingerprint density at radius 1 is 1.33 bits per heavy atom. The summed E-state index contributed by atoms with van der Waals surface area (Å²) in [5.41, 5.74) is 0. The van der Waals surface area contributed by atoms with Crippen LogP contribution < -0.4 is 5.32 Å². The van der Waals surface area contributed by atoms with Crippen molar-refractivity contribution in [1.82, 2.24) is 10.2 Å². The number of rotatable bonds is 5. The highest BCUT2D eigenvalue weighted by Crippen LogP contribution is 2.24. The monoisotopic (exact) mass is 296 g/mol. The Kier molecular flexibility index (Phi) is 5.62. The molecule has 0 aromatic carbocycles. The standard InChI is InChI=1S/C16H28N2O3/c1-11(2)15(18-9-5-8-14(18)20)16(21)17-10-12-6-3-4-7-13(12)19/h11-13,15,19H,3-10H2,1-2H3,(H,17,21)/t12-,13-,15+/m0/s1. The van der Waals surface area contributed by atoms with Gasteiger partial charge in [-0.05, 0) is 25.2 Å². The van der Waals surface area contributed by atoms with Crippen LogP contribution in [0.1, 0.15) is 52.4 Å². The molecule has 3 atom stereocenters. The highest BCUT2D eigenvalue weighted by Gasteiger charge is 2.35. The second-order valence-corrected chi connectivity index (χ2v) is 6.74. The number of carbonyl (C=O) groups excluding carboxylic acids is 2. The van der Waals surface area contributed by atoms with E-state index in [-0.39, 0.29) is 35.8 Å². The predicted molar refractivity (Wildman–Crippen MR) is 80.5 cm³/mol. The van der Waals surface area contributed by atoms with Crippen LogP contribution in [0, 0.1) is 11.8 Å². The van der Waals surface area contributed by atoms with E-state index in [0.717, 1.165) is 32.1 Å². The zero-order valence-corrected chi connectivity index (χ0v) is 13.2. The summed E-state index contributed by atoms with van der Waals surface area (Å²) in [4.78, 5) is 26.1. The molecule has 0 unspecified atom stereocenters. The molecule has 2 amide bonds. The van der Waals surface area contributed by atoms with Gasteiger partial charge in [0, 0.05) is 25.4 Å². The third kappa shape index (κ3) is 3.96. The lowest BCUT2D eigenvalue weighted by atomic mass is 9.86. The van der Waals surface area contributed by atoms with Gasteiger partial charge in [-0.2, -0.15) is 0 Å². The Morgan fingerprint density at radius 2 is 2.05 bits per heavy atom. The number of nitrogens with zero attached hydrogens (tertiary/aromatic N) is 1. The van der Waals surface area contributed by atoms with Crippen molar-refractivity contribution in [2.75, 3.05) is 13.1 Å². The molecule has 5 nitrogen and oxygen atoms in total. The van der Waals surface area contributed by atoms with E-state index in [9.17, 15) is 14.7 Å². The van der Waals surface area contributed by atoms with Crippen LogP contribution in [0.5, 0.6) is 0 Å². The zero-order chi connectivity index (χ0) is 15.4. The van der Waals surface area contributed by atoms with Crippen LogP contribution in [0.2, 0.25) is 0 Å². The Hall–Kier alpha value is -1.10. The average molecular weight is 296 g/mol. The Morgan fingerprint density at radius 3 is 2.62 bits per heavy atom. The minimum Gasteiger partial charge on any atom is -0.393 e. The first kappa shape index (κ1) is 16.3. The smallest absolute Gasteiger partial charge is 0.243 e. The minimum absolute atomic E-state index is 0.0713. The van der Waals surface area contributed by atoms with E-state index in [1.807, 2.05) is 13.8 Å². The van der Waals surface area contributed by atoms with Crippen molar-refractivity contribution in [2.45, 2.75) is 64.5 Å². The van der Waals surface area contributed by atoms with Gasteiger partial charge in [0.25, 0.3) is 0 Å². The molecule has 1 heterocycles. The number of aliphatic hydroxyl groups is 1. The second-order valence-electron chi connectivity index (χ2n) is 6.74. The Balaban J connectivity index is 1.91. The summed E-state index contributed by atoms with van der Waals surface area (Å²) in [6.45, 7) is 5.16. The number of amides is 2. The molecule has 1 saturated heterocycles. The van der Waals surface area contributed by atoms with Crippen LogP contribution in [0.3, 0.4) is 0 Å². The predicted octanol–water partition coefficient (Wildman–Crippen LogP) is 1.30. The zero-order valence-electron chi connectivity index (χ0n) is 13.2. The Bertz CT molecular complexity index is 384. The van der Waals surface area contributed by atoms with Gasteiger partial charge in [-0.3, -0.25) is 9.59 Å². The fourth-order valence-electron chi connectivity index (χ4n) is 3.53. The maximum Gasteiger partial charge on any atom is 0.243 e. The number of carbonyl (C=O) groups is 2. The molecule has 5 heteroatoms. The lowest BCUT2D eigenvalue weighted by molar-refractivity contribution is -0.139. The van der Waals surface area contributed by atoms with Crippen molar-refractivity contribution in [3.05, 3.63) is 0 Å². The molecular formula is C16H28N2O3. The summed E-state index contributed by atoms with van der Waals surface area (Å²) in [5.74, 6) is 0.271. The average Bonchev–Trinajstić information content (AvgIpc) is 2.84. The van der Waals surface area contributed by atoms with Crippen LogP contribution in [0.25, 0.3) is 0 Å². The van der Waals surface area contributed by atoms with Gasteiger partial charge in [-0.15, -0.1) is 0 Å². The molecule has 2 aliphatic rings. The van der Waals surface area contributed by atoms with Crippen LogP contribution in [0.15, 0.2) is 0 Å². The summed E-state index contributed by atoms with van der Waals surface area (Å²) in [6, 6.07) is -0.374. The molecule has 2 rings (SSSR count). The van der Waals surface area contributed by atoms with Crippen molar-refractivity contribution in [2.24, 2.45) is 11.8 Å². The molecule has 0 aromatic rings. The van der Waals surface area contributed by atoms with E-state index in [1.165, 1.54) is 0 Å². The van der Waals surface area contributed by atoms with Gasteiger partial charge in [0.05, 0.1) is 6.10 Å². The quantitative estimate of drug-likeness (QED) is 0.803. The van der Waals surface area contributed by atoms with Gasteiger partial charge in [0.2, 0.25) is 11.8 Å². The molecular weight excluding hydrogens is 268 g/mol. The Labute approximate surface area is 127 Å². The molecule has 120 valence electrons. The molecule has 0 bridgehead atoms. The fourth-order valence-corrected chi connectivity index (χ4v) is 3.53. The van der Waals surface area contributed by atoms with E-state index in [4.69, 9.17) is 0 Å². The number of hydrogen-bond donors (Lipinski definition) is 2.